The van der Waals surface area contributed by atoms with Crippen LogP contribution in [0.15, 0.2) is 77.6 Å². The zero-order valence-corrected chi connectivity index (χ0v) is 18.4. The molecule has 0 atom stereocenters. The molecule has 0 saturated heterocycles. The van der Waals surface area contributed by atoms with E-state index in [2.05, 4.69) is 10.4 Å². The monoisotopic (exact) mass is 443 g/mol. The van der Waals surface area contributed by atoms with Gasteiger partial charge in [-0.2, -0.15) is 5.10 Å². The molecule has 1 amide bonds. The molecule has 1 aromatic heterocycles. The molecule has 0 unspecified atom stereocenters. The fraction of sp³-hybridized carbons (Fsp3) is 0.115. The van der Waals surface area contributed by atoms with Gasteiger partial charge in [-0.25, -0.2) is 9.07 Å². The normalized spacial score (nSPS) is 10.7. The summed E-state index contributed by atoms with van der Waals surface area (Å²) >= 11 is 0. The van der Waals surface area contributed by atoms with E-state index in [-0.39, 0.29) is 22.5 Å². The van der Waals surface area contributed by atoms with E-state index in [1.807, 2.05) is 19.1 Å². The minimum atomic E-state index is -0.407. The highest BCUT2D eigenvalue weighted by atomic mass is 19.1. The molecule has 1 heterocycles. The average Bonchev–Trinajstić information content (AvgIpc) is 2.82. The lowest BCUT2D eigenvalue weighted by molar-refractivity contribution is 0.102. The highest BCUT2D eigenvalue weighted by Gasteiger charge is 2.22. The van der Waals surface area contributed by atoms with E-state index < -0.39 is 11.7 Å². The van der Waals surface area contributed by atoms with Crippen LogP contribution in [-0.2, 0) is 0 Å². The van der Waals surface area contributed by atoms with E-state index in [4.69, 9.17) is 4.74 Å². The first kappa shape index (κ1) is 22.0. The number of carbonyl (C=O) groups is 1. The smallest absolute Gasteiger partial charge is 0.257 e. The van der Waals surface area contributed by atoms with Gasteiger partial charge in [-0.15, -0.1) is 0 Å². The Morgan fingerprint density at radius 2 is 1.73 bits per heavy atom. The van der Waals surface area contributed by atoms with E-state index >= 15 is 0 Å². The van der Waals surface area contributed by atoms with Crippen LogP contribution in [0.5, 0.6) is 5.75 Å². The van der Waals surface area contributed by atoms with Crippen molar-refractivity contribution in [2.75, 3.05) is 12.4 Å². The Bertz CT molecular complexity index is 1400. The fourth-order valence-electron chi connectivity index (χ4n) is 3.57. The van der Waals surface area contributed by atoms with Gasteiger partial charge in [0.2, 0.25) is 5.43 Å². The van der Waals surface area contributed by atoms with Crippen molar-refractivity contribution in [1.82, 2.24) is 9.78 Å². The summed E-state index contributed by atoms with van der Waals surface area (Å²) in [5.41, 5.74) is 2.45. The van der Waals surface area contributed by atoms with Gasteiger partial charge in [-0.05, 0) is 67.4 Å². The number of ether oxygens (including phenoxy) is 1. The van der Waals surface area contributed by atoms with Crippen LogP contribution < -0.4 is 15.5 Å². The number of anilines is 1. The molecule has 3 aromatic carbocycles. The SMILES string of the molecule is COc1cccc(-c2c(NC(=O)c3ccccc3C)n(-c3ccc(F)cc3)nc(C)c2=O)c1. The molecule has 0 bridgehead atoms. The number of halogens is 1. The van der Waals surface area contributed by atoms with Crippen molar-refractivity contribution >= 4 is 11.7 Å². The third kappa shape index (κ3) is 4.39. The predicted molar refractivity (Wildman–Crippen MR) is 126 cm³/mol. The number of aromatic nitrogens is 2. The fourth-order valence-corrected chi connectivity index (χ4v) is 3.57. The zero-order valence-electron chi connectivity index (χ0n) is 18.4. The van der Waals surface area contributed by atoms with E-state index in [0.29, 0.717) is 22.6 Å². The summed E-state index contributed by atoms with van der Waals surface area (Å²) in [6, 6.07) is 19.8. The van der Waals surface area contributed by atoms with Crippen molar-refractivity contribution in [1.29, 1.82) is 0 Å². The highest BCUT2D eigenvalue weighted by Crippen LogP contribution is 2.30. The Hall–Kier alpha value is -4.26. The quantitative estimate of drug-likeness (QED) is 0.475. The first-order chi connectivity index (χ1) is 15.9. The summed E-state index contributed by atoms with van der Waals surface area (Å²) < 4.78 is 20.4. The molecule has 0 aliphatic carbocycles. The molecule has 0 aliphatic heterocycles. The van der Waals surface area contributed by atoms with Crippen LogP contribution >= 0.6 is 0 Å². The summed E-state index contributed by atoms with van der Waals surface area (Å²) in [5, 5.41) is 7.29. The predicted octanol–water partition coefficient (Wildman–Crippen LogP) is 4.92. The molecule has 0 aliphatic rings. The highest BCUT2D eigenvalue weighted by molar-refractivity contribution is 6.06. The number of amides is 1. The number of rotatable bonds is 5. The van der Waals surface area contributed by atoms with Crippen LogP contribution in [0, 0.1) is 19.7 Å². The molecule has 4 aromatic rings. The molecule has 0 radical (unpaired) electrons. The van der Waals surface area contributed by atoms with Crippen LogP contribution in [-0.4, -0.2) is 22.8 Å². The Balaban J connectivity index is 1.98. The van der Waals surface area contributed by atoms with Crippen molar-refractivity contribution < 1.29 is 13.9 Å². The number of hydrogen-bond donors (Lipinski definition) is 1. The van der Waals surface area contributed by atoms with Crippen LogP contribution in [0.1, 0.15) is 21.6 Å². The third-order valence-electron chi connectivity index (χ3n) is 5.31. The largest absolute Gasteiger partial charge is 0.497 e. The lowest BCUT2D eigenvalue weighted by atomic mass is 10.0. The number of benzene rings is 3. The standard InChI is InChI=1S/C26H22FN3O3/c1-16-7-4-5-10-22(16)26(32)28-25-23(18-8-6-9-21(15-18)33-3)24(31)17(2)29-30(25)20-13-11-19(27)12-14-20/h4-15H,1-3H3,(H,28,32). The van der Waals surface area contributed by atoms with Gasteiger partial charge in [0.1, 0.15) is 23.1 Å². The Labute approximate surface area is 190 Å². The zero-order chi connectivity index (χ0) is 23.5. The Morgan fingerprint density at radius 3 is 2.42 bits per heavy atom. The van der Waals surface area contributed by atoms with Gasteiger partial charge in [0.15, 0.2) is 0 Å². The van der Waals surface area contributed by atoms with Gasteiger partial charge in [0.25, 0.3) is 5.91 Å². The van der Waals surface area contributed by atoms with Crippen molar-refractivity contribution in [3.05, 3.63) is 106 Å². The van der Waals surface area contributed by atoms with Gasteiger partial charge >= 0.3 is 0 Å². The summed E-state index contributed by atoms with van der Waals surface area (Å²) in [5.74, 6) is -0.0576. The van der Waals surface area contributed by atoms with Crippen LogP contribution in [0.3, 0.4) is 0 Å². The Morgan fingerprint density at radius 1 is 1.00 bits per heavy atom. The van der Waals surface area contributed by atoms with Gasteiger partial charge < -0.3 is 10.1 Å². The number of carbonyl (C=O) groups excluding carboxylic acids is 1. The number of aryl methyl sites for hydroxylation is 2. The third-order valence-corrected chi connectivity index (χ3v) is 5.31. The maximum absolute atomic E-state index is 13.6. The molecule has 1 N–H and O–H groups in total. The van der Waals surface area contributed by atoms with E-state index in [1.165, 1.54) is 36.1 Å². The molecule has 4 rings (SSSR count). The molecule has 0 fully saturated rings. The average molecular weight is 443 g/mol. The molecule has 7 heteroatoms. The summed E-state index contributed by atoms with van der Waals surface area (Å²) in [6.07, 6.45) is 0. The molecular weight excluding hydrogens is 421 g/mol. The number of hydrogen-bond acceptors (Lipinski definition) is 4. The van der Waals surface area contributed by atoms with Crippen molar-refractivity contribution in [2.24, 2.45) is 0 Å². The number of nitrogens with zero attached hydrogens (tertiary/aromatic N) is 2. The summed E-state index contributed by atoms with van der Waals surface area (Å²) in [6.45, 7) is 3.43. The number of nitrogens with one attached hydrogen (secondary N) is 1. The molecule has 166 valence electrons. The first-order valence-corrected chi connectivity index (χ1v) is 10.3. The van der Waals surface area contributed by atoms with Gasteiger partial charge in [-0.1, -0.05) is 30.3 Å². The molecular formula is C26H22FN3O3. The van der Waals surface area contributed by atoms with Crippen molar-refractivity contribution in [2.45, 2.75) is 13.8 Å². The second-order valence-corrected chi connectivity index (χ2v) is 7.53. The lowest BCUT2D eigenvalue weighted by Crippen LogP contribution is -2.25. The minimum Gasteiger partial charge on any atom is -0.497 e. The minimum absolute atomic E-state index is 0.179. The van der Waals surface area contributed by atoms with E-state index in [1.54, 1.807) is 43.3 Å². The van der Waals surface area contributed by atoms with Crippen molar-refractivity contribution in [3.63, 3.8) is 0 Å². The van der Waals surface area contributed by atoms with Crippen molar-refractivity contribution in [3.8, 4) is 22.6 Å². The summed E-state index contributed by atoms with van der Waals surface area (Å²) in [4.78, 5) is 26.5. The Kier molecular flexibility index (Phi) is 6.04. The van der Waals surface area contributed by atoms with Crippen LogP contribution in [0.2, 0.25) is 0 Å². The van der Waals surface area contributed by atoms with Crippen LogP contribution in [0.25, 0.3) is 16.8 Å². The molecule has 6 nitrogen and oxygen atoms in total. The van der Waals surface area contributed by atoms with E-state index in [0.717, 1.165) is 5.56 Å². The van der Waals surface area contributed by atoms with Crippen LogP contribution in [0.4, 0.5) is 10.2 Å². The number of methoxy groups -OCH3 is 1. The van der Waals surface area contributed by atoms with Gasteiger partial charge in [0, 0.05) is 5.56 Å². The maximum atomic E-state index is 13.6. The van der Waals surface area contributed by atoms with E-state index in [9.17, 15) is 14.0 Å². The van der Waals surface area contributed by atoms with Gasteiger partial charge in [0.05, 0.1) is 18.4 Å². The maximum Gasteiger partial charge on any atom is 0.257 e. The van der Waals surface area contributed by atoms with Gasteiger partial charge in [-0.3, -0.25) is 9.59 Å². The summed E-state index contributed by atoms with van der Waals surface area (Å²) in [7, 11) is 1.54. The molecule has 0 spiro atoms. The lowest BCUT2D eigenvalue weighted by Gasteiger charge is -2.19. The molecule has 33 heavy (non-hydrogen) atoms. The topological polar surface area (TPSA) is 73.2 Å². The second-order valence-electron chi connectivity index (χ2n) is 7.53. The first-order valence-electron chi connectivity index (χ1n) is 10.3. The second kappa shape index (κ2) is 9.08. The molecule has 0 saturated carbocycles.